The molecular weight excluding hydrogens is 276 g/mol. The molecule has 21 heavy (non-hydrogen) atoms. The van der Waals surface area contributed by atoms with E-state index in [-0.39, 0.29) is 11.0 Å². The molecule has 1 aliphatic heterocycles. The maximum Gasteiger partial charge on any atom is 0.151 e. The molecule has 1 aromatic heterocycles. The highest BCUT2D eigenvalue weighted by atomic mass is 35.5. The largest absolute Gasteiger partial charge is 0.405 e. The third kappa shape index (κ3) is 2.48. The van der Waals surface area contributed by atoms with E-state index >= 15 is 0 Å². The van der Waals surface area contributed by atoms with Gasteiger partial charge in [0.15, 0.2) is 5.15 Å². The van der Waals surface area contributed by atoms with Crippen molar-refractivity contribution >= 4 is 80.2 Å². The maximum atomic E-state index is 5.92. The highest BCUT2D eigenvalue weighted by Gasteiger charge is 2.57. The van der Waals surface area contributed by atoms with Crippen LogP contribution in [-0.4, -0.2) is 94.4 Å². The van der Waals surface area contributed by atoms with E-state index in [1.165, 1.54) is 12.1 Å². The maximum absolute atomic E-state index is 5.92. The van der Waals surface area contributed by atoms with Crippen LogP contribution in [0.4, 0.5) is 5.82 Å². The van der Waals surface area contributed by atoms with Crippen molar-refractivity contribution in [3.63, 3.8) is 0 Å². The minimum atomic E-state index is -2.19. The van der Waals surface area contributed by atoms with Gasteiger partial charge < -0.3 is 9.64 Å². The molecule has 0 atom stereocenters. The summed E-state index contributed by atoms with van der Waals surface area (Å²) in [6, 6.07) is 2.78. The summed E-state index contributed by atoms with van der Waals surface area (Å²) in [6.45, 7) is 0. The van der Waals surface area contributed by atoms with Crippen LogP contribution in [0.1, 0.15) is 0 Å². The molecule has 0 aliphatic carbocycles. The van der Waals surface area contributed by atoms with E-state index in [0.717, 1.165) is 4.90 Å². The lowest BCUT2D eigenvalue weighted by Gasteiger charge is -2.70. The summed E-state index contributed by atoms with van der Waals surface area (Å²) in [5, 5.41) is -1.09. The summed E-state index contributed by atoms with van der Waals surface area (Å²) in [5.41, 5.74) is 0. The Kier molecular flexibility index (Phi) is 3.91. The Bertz CT molecular complexity index is 525. The average Bonchev–Trinajstić information content (AvgIpc) is 2.28. The Morgan fingerprint density at radius 2 is 1.33 bits per heavy atom. The van der Waals surface area contributed by atoms with Crippen LogP contribution in [0.15, 0.2) is 12.1 Å². The SMILES string of the molecule is [B]C1([B])OC([B])([B])C([B])([B])N(c2ccc(Cl)nn2)C1([B])[B]. The topological polar surface area (TPSA) is 38.2 Å². The van der Waals surface area contributed by atoms with Crippen LogP contribution in [0.3, 0.4) is 0 Å². The van der Waals surface area contributed by atoms with Crippen molar-refractivity contribution in [2.45, 2.75) is 21.5 Å². The number of anilines is 1. The second-order valence-corrected chi connectivity index (χ2v) is 5.28. The van der Waals surface area contributed by atoms with Gasteiger partial charge in [-0.3, -0.25) is 0 Å². The van der Waals surface area contributed by atoms with Crippen molar-refractivity contribution in [2.24, 2.45) is 0 Å². The van der Waals surface area contributed by atoms with Crippen LogP contribution in [0.2, 0.25) is 5.15 Å². The number of morpholine rings is 1. The minimum absolute atomic E-state index is 0.00162. The lowest BCUT2D eigenvalue weighted by molar-refractivity contribution is -0.0257. The smallest absolute Gasteiger partial charge is 0.151 e. The molecule has 1 aliphatic rings. The lowest BCUT2D eigenvalue weighted by atomic mass is 9.30. The Morgan fingerprint density at radius 1 is 0.857 bits per heavy atom. The van der Waals surface area contributed by atoms with Gasteiger partial charge in [0.2, 0.25) is 0 Å². The first-order valence-electron chi connectivity index (χ1n) is 5.64. The van der Waals surface area contributed by atoms with Gasteiger partial charge in [-0.1, -0.05) is 11.6 Å². The van der Waals surface area contributed by atoms with Crippen molar-refractivity contribution in [1.82, 2.24) is 10.2 Å². The van der Waals surface area contributed by atoms with Gasteiger partial charge in [0.25, 0.3) is 0 Å². The molecule has 0 amide bonds. The van der Waals surface area contributed by atoms with Gasteiger partial charge in [-0.25, -0.2) is 0 Å². The van der Waals surface area contributed by atoms with Crippen LogP contribution in [0.25, 0.3) is 0 Å². The monoisotopic (exact) mass is 279 g/mol. The predicted molar refractivity (Wildman–Crippen MR) is 87.6 cm³/mol. The molecule has 4 nitrogen and oxygen atoms in total. The molecule has 16 radical (unpaired) electrons. The Hall–Kier alpha value is -0.351. The highest BCUT2D eigenvalue weighted by molar-refractivity contribution is 6.61. The van der Waals surface area contributed by atoms with Gasteiger partial charge in [0.05, 0.1) is 31.4 Å². The molecule has 0 spiro atoms. The van der Waals surface area contributed by atoms with Gasteiger partial charge in [-0.05, 0) is 33.6 Å². The first kappa shape index (κ1) is 17.0. The number of aromatic nitrogens is 2. The Labute approximate surface area is 139 Å². The second-order valence-electron chi connectivity index (χ2n) is 4.89. The van der Waals surface area contributed by atoms with Crippen molar-refractivity contribution in [3.8, 4) is 0 Å². The van der Waals surface area contributed by atoms with Gasteiger partial charge in [-0.2, -0.15) is 0 Å². The molecule has 1 fully saturated rings. The number of hydrogen-bond donors (Lipinski definition) is 0. The fourth-order valence-electron chi connectivity index (χ4n) is 1.91. The van der Waals surface area contributed by atoms with E-state index in [4.69, 9.17) is 79.1 Å². The molecule has 0 aromatic carbocycles. The highest BCUT2D eigenvalue weighted by Crippen LogP contribution is 2.41. The normalized spacial score (nSPS) is 25.3. The molecule has 0 N–H and O–H groups in total. The fraction of sp³-hybridized carbons (Fsp3) is 0.500. The molecule has 0 saturated carbocycles. The number of ether oxygens (including phenoxy) is 1. The van der Waals surface area contributed by atoms with Crippen LogP contribution >= 0.6 is 11.6 Å². The molecule has 1 saturated heterocycles. The minimum Gasteiger partial charge on any atom is -0.405 e. The molecular formula is C8H2B8ClN3O. The first-order chi connectivity index (χ1) is 9.33. The first-order valence-corrected chi connectivity index (χ1v) is 6.01. The molecule has 2 heterocycles. The molecule has 0 bridgehead atoms. The standard InChI is InChI=1S/C8H2B8ClN3O/c9-5(10)7(13,14)21-8(15,16)6(11,12)20(5)4-2-1-3(17)18-19-4/h1-2H. The van der Waals surface area contributed by atoms with E-state index in [9.17, 15) is 0 Å². The molecule has 2 rings (SSSR count). The van der Waals surface area contributed by atoms with Gasteiger partial charge >= 0.3 is 0 Å². The van der Waals surface area contributed by atoms with Crippen molar-refractivity contribution in [3.05, 3.63) is 17.3 Å². The third-order valence-corrected chi connectivity index (χ3v) is 3.38. The fourth-order valence-corrected chi connectivity index (χ4v) is 2.01. The van der Waals surface area contributed by atoms with Crippen LogP contribution < -0.4 is 4.90 Å². The van der Waals surface area contributed by atoms with Crippen LogP contribution in [0, 0.1) is 0 Å². The predicted octanol–water partition coefficient (Wildman–Crippen LogP) is -3.07. The third-order valence-electron chi connectivity index (χ3n) is 3.18. The summed E-state index contributed by atoms with van der Waals surface area (Å²) in [7, 11) is 46.6. The zero-order valence-electron chi connectivity index (χ0n) is 10.9. The van der Waals surface area contributed by atoms with Crippen molar-refractivity contribution in [2.75, 3.05) is 4.90 Å². The molecule has 13 heteroatoms. The number of halogens is 1. The van der Waals surface area contributed by atoms with E-state index < -0.39 is 21.5 Å². The van der Waals surface area contributed by atoms with Crippen LogP contribution in [0.5, 0.6) is 0 Å². The zero-order valence-corrected chi connectivity index (χ0v) is 11.7. The number of rotatable bonds is 1. The number of hydrogen-bond acceptors (Lipinski definition) is 4. The zero-order chi connectivity index (χ0) is 16.3. The number of nitrogens with zero attached hydrogens (tertiary/aromatic N) is 3. The van der Waals surface area contributed by atoms with E-state index in [0.29, 0.717) is 0 Å². The van der Waals surface area contributed by atoms with E-state index in [1.54, 1.807) is 0 Å². The Morgan fingerprint density at radius 3 is 1.71 bits per heavy atom. The van der Waals surface area contributed by atoms with Crippen LogP contribution in [-0.2, 0) is 4.74 Å². The molecule has 0 unspecified atom stereocenters. The van der Waals surface area contributed by atoms with E-state index in [2.05, 4.69) is 10.2 Å². The molecule has 86 valence electrons. The summed E-state index contributed by atoms with van der Waals surface area (Å²) in [5.74, 6) is -0.00162. The summed E-state index contributed by atoms with van der Waals surface area (Å²) in [4.78, 5) is 0.923. The van der Waals surface area contributed by atoms with Gasteiger partial charge in [0.1, 0.15) is 37.2 Å². The average molecular weight is 278 g/mol. The quantitative estimate of drug-likeness (QED) is 0.511. The van der Waals surface area contributed by atoms with E-state index in [1.807, 2.05) is 0 Å². The molecule has 1 aromatic rings. The summed E-state index contributed by atoms with van der Waals surface area (Å²) < 4.78 is 5.06. The summed E-state index contributed by atoms with van der Waals surface area (Å²) >= 11 is 5.66. The second kappa shape index (κ2) is 4.82. The van der Waals surface area contributed by atoms with Crippen molar-refractivity contribution in [1.29, 1.82) is 0 Å². The summed E-state index contributed by atoms with van der Waals surface area (Å²) in [6.07, 6.45) is 0. The lowest BCUT2D eigenvalue weighted by Crippen LogP contribution is -2.86. The van der Waals surface area contributed by atoms with Gasteiger partial charge in [-0.15, -0.1) is 10.2 Å². The van der Waals surface area contributed by atoms with Crippen molar-refractivity contribution < 1.29 is 4.74 Å². The van der Waals surface area contributed by atoms with Gasteiger partial charge in [0, 0.05) is 0 Å². The Balaban J connectivity index is 2.64.